The monoisotopic (exact) mass is 230 g/mol. The smallest absolute Gasteiger partial charge is 0.222 e. The van der Waals surface area contributed by atoms with Crippen molar-refractivity contribution in [2.45, 2.75) is 47.0 Å². The minimum Gasteiger partial charge on any atom is -0.359 e. The first-order valence-electron chi connectivity index (χ1n) is 6.22. The first-order chi connectivity index (χ1) is 7.74. The fourth-order valence-electron chi connectivity index (χ4n) is 1.30. The van der Waals surface area contributed by atoms with Crippen LogP contribution in [0, 0.1) is 0 Å². The fourth-order valence-corrected chi connectivity index (χ4v) is 1.30. The Kier molecular flexibility index (Phi) is 13.0. The van der Waals surface area contributed by atoms with Crippen LogP contribution in [0.25, 0.3) is 0 Å². The van der Waals surface area contributed by atoms with Gasteiger partial charge >= 0.3 is 0 Å². The van der Waals surface area contributed by atoms with Crippen molar-refractivity contribution in [3.8, 4) is 0 Å². The summed E-state index contributed by atoms with van der Waals surface area (Å²) in [5.41, 5.74) is 0. The molecular weight excluding hydrogens is 204 g/mol. The molecule has 96 valence electrons. The van der Waals surface area contributed by atoms with Crippen molar-refractivity contribution in [3.05, 3.63) is 0 Å². The molecule has 2 amide bonds. The first kappa shape index (κ1) is 17.3. The van der Waals surface area contributed by atoms with E-state index in [1.165, 1.54) is 0 Å². The molecule has 0 aliphatic carbocycles. The summed E-state index contributed by atoms with van der Waals surface area (Å²) in [7, 11) is 1.61. The van der Waals surface area contributed by atoms with Crippen molar-refractivity contribution in [1.29, 1.82) is 0 Å². The maximum Gasteiger partial charge on any atom is 0.222 e. The Morgan fingerprint density at radius 1 is 1.31 bits per heavy atom. The zero-order valence-corrected chi connectivity index (χ0v) is 11.3. The third kappa shape index (κ3) is 7.26. The third-order valence-corrected chi connectivity index (χ3v) is 2.06. The van der Waals surface area contributed by atoms with E-state index in [2.05, 4.69) is 5.32 Å². The van der Waals surface area contributed by atoms with Gasteiger partial charge in [0.05, 0.1) is 0 Å². The lowest BCUT2D eigenvalue weighted by Gasteiger charge is -2.13. The molecule has 0 aromatic rings. The molecule has 4 heteroatoms. The number of amides is 2. The molecule has 1 N–H and O–H groups in total. The molecule has 1 aliphatic heterocycles. The molecule has 1 heterocycles. The van der Waals surface area contributed by atoms with Crippen LogP contribution in [-0.2, 0) is 9.59 Å². The number of nitrogens with one attached hydrogen (secondary N) is 1. The first-order valence-corrected chi connectivity index (χ1v) is 6.22. The van der Waals surface area contributed by atoms with Crippen LogP contribution < -0.4 is 5.32 Å². The molecule has 1 aliphatic rings. The molecule has 0 spiro atoms. The predicted octanol–water partition coefficient (Wildman–Crippen LogP) is 1.80. The molecule has 1 saturated heterocycles. The van der Waals surface area contributed by atoms with Gasteiger partial charge in [0, 0.05) is 33.0 Å². The summed E-state index contributed by atoms with van der Waals surface area (Å²) in [6.45, 7) is 9.38. The average molecular weight is 230 g/mol. The van der Waals surface area contributed by atoms with Gasteiger partial charge in [0.25, 0.3) is 0 Å². The lowest BCUT2D eigenvalue weighted by molar-refractivity contribution is -0.128. The number of likely N-dealkylation sites (tertiary alicyclic amines) is 1. The van der Waals surface area contributed by atoms with Gasteiger partial charge in [0.15, 0.2) is 0 Å². The van der Waals surface area contributed by atoms with Crippen molar-refractivity contribution < 1.29 is 9.59 Å². The summed E-state index contributed by atoms with van der Waals surface area (Å²) in [6, 6.07) is 0. The van der Waals surface area contributed by atoms with E-state index in [-0.39, 0.29) is 11.8 Å². The SMILES string of the molecule is CC.CC.CNC(=O)CCN1CCCC1=O. The standard InChI is InChI=1S/C8H14N2O2.2C2H6/c1-9-7(11)4-6-10-5-2-3-8(10)12;2*1-2/h2-6H2,1H3,(H,9,11);2*1-2H3. The Morgan fingerprint density at radius 2 is 1.88 bits per heavy atom. The van der Waals surface area contributed by atoms with Crippen LogP contribution in [0.2, 0.25) is 0 Å². The summed E-state index contributed by atoms with van der Waals surface area (Å²) < 4.78 is 0. The summed E-state index contributed by atoms with van der Waals surface area (Å²) in [5, 5.41) is 2.53. The molecular formula is C12H26N2O2. The van der Waals surface area contributed by atoms with Crippen molar-refractivity contribution in [2.24, 2.45) is 0 Å². The van der Waals surface area contributed by atoms with Gasteiger partial charge in [-0.05, 0) is 6.42 Å². The minimum atomic E-state index is -0.00491. The van der Waals surface area contributed by atoms with E-state index in [0.29, 0.717) is 19.4 Å². The second kappa shape index (κ2) is 12.0. The van der Waals surface area contributed by atoms with E-state index >= 15 is 0 Å². The normalized spacial score (nSPS) is 13.3. The van der Waals surface area contributed by atoms with E-state index in [1.54, 1.807) is 11.9 Å². The molecule has 0 aromatic carbocycles. The van der Waals surface area contributed by atoms with Gasteiger partial charge in [-0.25, -0.2) is 0 Å². The maximum atomic E-state index is 11.1. The van der Waals surface area contributed by atoms with E-state index < -0.39 is 0 Å². The molecule has 1 fully saturated rings. The van der Waals surface area contributed by atoms with Gasteiger partial charge in [-0.15, -0.1) is 0 Å². The zero-order chi connectivity index (χ0) is 13.0. The largest absolute Gasteiger partial charge is 0.359 e. The summed E-state index contributed by atoms with van der Waals surface area (Å²) in [6.07, 6.45) is 2.00. The van der Waals surface area contributed by atoms with Crippen molar-refractivity contribution >= 4 is 11.8 Å². The Labute approximate surface area is 99.4 Å². The van der Waals surface area contributed by atoms with E-state index in [4.69, 9.17) is 0 Å². The Hall–Kier alpha value is -1.06. The van der Waals surface area contributed by atoms with Crippen molar-refractivity contribution in [3.63, 3.8) is 0 Å². The Balaban J connectivity index is 0. The second-order valence-corrected chi connectivity index (χ2v) is 2.91. The lowest BCUT2D eigenvalue weighted by atomic mass is 10.4. The van der Waals surface area contributed by atoms with E-state index in [9.17, 15) is 9.59 Å². The van der Waals surface area contributed by atoms with Crippen molar-refractivity contribution in [2.75, 3.05) is 20.1 Å². The maximum absolute atomic E-state index is 11.1. The Morgan fingerprint density at radius 3 is 2.25 bits per heavy atom. The fraction of sp³-hybridized carbons (Fsp3) is 0.833. The molecule has 0 atom stereocenters. The highest BCUT2D eigenvalue weighted by molar-refractivity contribution is 5.80. The number of hydrogen-bond donors (Lipinski definition) is 1. The van der Waals surface area contributed by atoms with Gasteiger partial charge in [-0.3, -0.25) is 9.59 Å². The van der Waals surface area contributed by atoms with E-state index in [1.807, 2.05) is 27.7 Å². The molecule has 0 radical (unpaired) electrons. The van der Waals surface area contributed by atoms with Gasteiger partial charge in [-0.1, -0.05) is 27.7 Å². The van der Waals surface area contributed by atoms with Gasteiger partial charge in [0.2, 0.25) is 11.8 Å². The molecule has 0 aromatic heterocycles. The van der Waals surface area contributed by atoms with Crippen molar-refractivity contribution in [1.82, 2.24) is 10.2 Å². The quantitative estimate of drug-likeness (QED) is 0.803. The lowest BCUT2D eigenvalue weighted by Crippen LogP contribution is -2.30. The topological polar surface area (TPSA) is 49.4 Å². The van der Waals surface area contributed by atoms with Crippen LogP contribution in [0.4, 0.5) is 0 Å². The number of hydrogen-bond acceptors (Lipinski definition) is 2. The zero-order valence-electron chi connectivity index (χ0n) is 11.3. The molecule has 1 rings (SSSR count). The minimum absolute atomic E-state index is 0.00491. The highest BCUT2D eigenvalue weighted by atomic mass is 16.2. The molecule has 16 heavy (non-hydrogen) atoms. The molecule has 0 bridgehead atoms. The van der Waals surface area contributed by atoms with Crippen LogP contribution in [0.15, 0.2) is 0 Å². The van der Waals surface area contributed by atoms with Crippen LogP contribution in [0.1, 0.15) is 47.0 Å². The van der Waals surface area contributed by atoms with Crippen LogP contribution in [0.3, 0.4) is 0 Å². The van der Waals surface area contributed by atoms with Crippen LogP contribution in [-0.4, -0.2) is 36.9 Å². The molecule has 4 nitrogen and oxygen atoms in total. The average Bonchev–Trinajstić information content (AvgIpc) is 2.77. The molecule has 0 unspecified atom stereocenters. The third-order valence-electron chi connectivity index (χ3n) is 2.06. The van der Waals surface area contributed by atoms with Crippen LogP contribution in [0.5, 0.6) is 0 Å². The molecule has 0 saturated carbocycles. The van der Waals surface area contributed by atoms with Gasteiger partial charge in [0.1, 0.15) is 0 Å². The Bertz CT molecular complexity index is 193. The van der Waals surface area contributed by atoms with Crippen LogP contribution >= 0.6 is 0 Å². The van der Waals surface area contributed by atoms with E-state index in [0.717, 1.165) is 13.0 Å². The van der Waals surface area contributed by atoms with Gasteiger partial charge in [-0.2, -0.15) is 0 Å². The number of carbonyl (C=O) groups excluding carboxylic acids is 2. The summed E-state index contributed by atoms with van der Waals surface area (Å²) >= 11 is 0. The highest BCUT2D eigenvalue weighted by Crippen LogP contribution is 2.09. The number of rotatable bonds is 3. The number of carbonyl (C=O) groups is 2. The predicted molar refractivity (Wildman–Crippen MR) is 67.2 cm³/mol. The second-order valence-electron chi connectivity index (χ2n) is 2.91. The van der Waals surface area contributed by atoms with Gasteiger partial charge < -0.3 is 10.2 Å². The number of nitrogens with zero attached hydrogens (tertiary/aromatic N) is 1. The summed E-state index contributed by atoms with van der Waals surface area (Å²) in [5.74, 6) is 0.175. The summed E-state index contributed by atoms with van der Waals surface area (Å²) in [4.78, 5) is 23.6. The highest BCUT2D eigenvalue weighted by Gasteiger charge is 2.19.